The van der Waals surface area contributed by atoms with Crippen molar-refractivity contribution >= 4 is 13.8 Å². The van der Waals surface area contributed by atoms with Crippen LogP contribution in [-0.2, 0) is 27.9 Å². The van der Waals surface area contributed by atoms with E-state index in [-0.39, 0.29) is 32.3 Å². The fraction of sp³-hybridized carbons (Fsp3) is 0.761. The topological polar surface area (TPSA) is 114 Å². The molecule has 0 spiro atoms. The number of carbonyl (C=O) groups excluding carboxylic acids is 1. The van der Waals surface area contributed by atoms with Gasteiger partial charge in [0.05, 0.1) is 40.1 Å². The van der Waals surface area contributed by atoms with Crippen LogP contribution in [0.25, 0.3) is 0 Å². The zero-order chi connectivity index (χ0) is 41.4. The van der Waals surface area contributed by atoms with Crippen molar-refractivity contribution in [3.8, 4) is 0 Å². The first-order valence-electron chi connectivity index (χ1n) is 22.2. The Morgan fingerprint density at radius 1 is 0.679 bits per heavy atom. The normalized spacial score (nSPS) is 14.8. The maximum absolute atomic E-state index is 12.6. The highest BCUT2D eigenvalue weighted by Crippen LogP contribution is 2.38. The SMILES string of the molecule is CCCCCCCCCCCCCCCC/C=C/OC[C@H](COP(=O)([O-])OCC[N+](C)(C)C)OC(=O)CCC/C=C\C/C=C\C/C=C\C=C\[C@@H](O)CCCCC. The number of hydrogen-bond donors (Lipinski definition) is 1. The van der Waals surface area contributed by atoms with Crippen molar-refractivity contribution in [3.05, 3.63) is 60.9 Å². The van der Waals surface area contributed by atoms with Crippen molar-refractivity contribution in [1.29, 1.82) is 0 Å². The van der Waals surface area contributed by atoms with Crippen LogP contribution in [0.3, 0.4) is 0 Å². The lowest BCUT2D eigenvalue weighted by molar-refractivity contribution is -0.870. The average molecular weight is 810 g/mol. The minimum Gasteiger partial charge on any atom is -0.756 e. The number of allylic oxidation sites excluding steroid dienone is 8. The molecule has 0 saturated heterocycles. The Kier molecular flexibility index (Phi) is 37.1. The van der Waals surface area contributed by atoms with E-state index < -0.39 is 19.9 Å². The summed E-state index contributed by atoms with van der Waals surface area (Å²) in [5.74, 6) is -0.428. The number of hydrogen-bond acceptors (Lipinski definition) is 8. The lowest BCUT2D eigenvalue weighted by Gasteiger charge is -2.28. The summed E-state index contributed by atoms with van der Waals surface area (Å²) in [5.41, 5.74) is 0. The van der Waals surface area contributed by atoms with Gasteiger partial charge >= 0.3 is 5.97 Å². The lowest BCUT2D eigenvalue weighted by atomic mass is 10.0. The molecule has 9 nitrogen and oxygen atoms in total. The van der Waals surface area contributed by atoms with Gasteiger partial charge in [-0.05, 0) is 51.0 Å². The quantitative estimate of drug-likeness (QED) is 0.0124. The first-order chi connectivity index (χ1) is 27.0. The Labute approximate surface area is 343 Å². The first-order valence-corrected chi connectivity index (χ1v) is 23.6. The molecule has 0 aliphatic heterocycles. The summed E-state index contributed by atoms with van der Waals surface area (Å²) < 4.78 is 34.2. The van der Waals surface area contributed by atoms with Crippen molar-refractivity contribution in [2.45, 2.75) is 180 Å². The molecular formula is C46H84NO8P. The van der Waals surface area contributed by atoms with E-state index >= 15 is 0 Å². The molecule has 0 aromatic carbocycles. The number of unbranched alkanes of at least 4 members (excludes halogenated alkanes) is 17. The van der Waals surface area contributed by atoms with E-state index in [0.29, 0.717) is 17.4 Å². The summed E-state index contributed by atoms with van der Waals surface area (Å²) in [6.07, 6.45) is 45.2. The van der Waals surface area contributed by atoms with E-state index in [1.165, 1.54) is 83.5 Å². The van der Waals surface area contributed by atoms with Gasteiger partial charge in [0.1, 0.15) is 19.8 Å². The van der Waals surface area contributed by atoms with Crippen molar-refractivity contribution in [1.82, 2.24) is 0 Å². The van der Waals surface area contributed by atoms with Gasteiger partial charge in [0, 0.05) is 6.42 Å². The molecule has 56 heavy (non-hydrogen) atoms. The predicted octanol–water partition coefficient (Wildman–Crippen LogP) is 11.6. The van der Waals surface area contributed by atoms with Gasteiger partial charge in [0.2, 0.25) is 0 Å². The fourth-order valence-corrected chi connectivity index (χ4v) is 6.46. The van der Waals surface area contributed by atoms with Crippen LogP contribution in [0, 0.1) is 0 Å². The molecule has 0 rings (SSSR count). The van der Waals surface area contributed by atoms with Crippen molar-refractivity contribution in [3.63, 3.8) is 0 Å². The number of quaternary nitrogens is 1. The number of likely N-dealkylation sites (N-methyl/N-ethyl adjacent to an activating group) is 1. The van der Waals surface area contributed by atoms with E-state index in [2.05, 4.69) is 38.2 Å². The highest BCUT2D eigenvalue weighted by molar-refractivity contribution is 7.45. The number of ether oxygens (including phenoxy) is 2. The Morgan fingerprint density at radius 3 is 1.86 bits per heavy atom. The Bertz CT molecular complexity index is 1100. The number of phosphoric acid groups is 1. The van der Waals surface area contributed by atoms with Gasteiger partial charge in [-0.25, -0.2) is 0 Å². The summed E-state index contributed by atoms with van der Waals surface area (Å²) in [6, 6.07) is 0. The molecule has 0 aromatic rings. The smallest absolute Gasteiger partial charge is 0.306 e. The van der Waals surface area contributed by atoms with Gasteiger partial charge in [-0.1, -0.05) is 165 Å². The molecule has 10 heteroatoms. The molecule has 0 aliphatic rings. The minimum atomic E-state index is -4.57. The lowest BCUT2D eigenvalue weighted by Crippen LogP contribution is -2.37. The number of esters is 1. The van der Waals surface area contributed by atoms with Gasteiger partial charge in [-0.2, -0.15) is 0 Å². The number of rotatable bonds is 40. The molecule has 0 radical (unpaired) electrons. The van der Waals surface area contributed by atoms with Gasteiger partial charge in [-0.3, -0.25) is 9.36 Å². The summed E-state index contributed by atoms with van der Waals surface area (Å²) in [6.45, 7) is 4.53. The third-order valence-corrected chi connectivity index (χ3v) is 10.2. The van der Waals surface area contributed by atoms with Crippen molar-refractivity contribution < 1.29 is 42.4 Å². The molecule has 0 bridgehead atoms. The van der Waals surface area contributed by atoms with Crippen LogP contribution in [0.4, 0.5) is 0 Å². The van der Waals surface area contributed by atoms with Gasteiger partial charge < -0.3 is 33.0 Å². The second kappa shape index (κ2) is 38.5. The predicted molar refractivity (Wildman–Crippen MR) is 232 cm³/mol. The summed E-state index contributed by atoms with van der Waals surface area (Å²) in [5, 5.41) is 9.91. The van der Waals surface area contributed by atoms with Crippen LogP contribution >= 0.6 is 7.82 Å². The van der Waals surface area contributed by atoms with E-state index in [4.69, 9.17) is 18.5 Å². The molecule has 1 unspecified atom stereocenters. The average Bonchev–Trinajstić information content (AvgIpc) is 3.14. The summed E-state index contributed by atoms with van der Waals surface area (Å²) >= 11 is 0. The summed E-state index contributed by atoms with van der Waals surface area (Å²) in [4.78, 5) is 25.0. The van der Waals surface area contributed by atoms with E-state index in [1.54, 1.807) is 6.26 Å². The second-order valence-electron chi connectivity index (χ2n) is 16.0. The highest BCUT2D eigenvalue weighted by atomic mass is 31.2. The largest absolute Gasteiger partial charge is 0.756 e. The van der Waals surface area contributed by atoms with E-state index in [1.807, 2.05) is 51.5 Å². The molecule has 1 N–H and O–H groups in total. The van der Waals surface area contributed by atoms with Crippen LogP contribution < -0.4 is 4.89 Å². The molecule has 326 valence electrons. The van der Waals surface area contributed by atoms with E-state index in [0.717, 1.165) is 57.8 Å². The standard InChI is InChI=1S/C46H84NO8P/c1-6-8-10-11-12-13-14-15-16-17-18-22-25-28-31-35-40-52-42-45(43-54-56(50,51)53-41-39-47(3,4)5)55-46(49)38-34-30-27-24-21-19-20-23-26-29-33-37-44(48)36-32-9-7-2/h19-20,24,26-27,29,33,35,37,40,44-45,48H,6-18,21-23,25,28,30-32,34,36,38-39,41-43H2,1-5H3/b20-19-,27-24-,29-26-,37-33+,40-35+/t44-,45+/m0/s1. The number of aliphatic hydroxyl groups is 1. The van der Waals surface area contributed by atoms with Gasteiger partial charge in [0.25, 0.3) is 7.82 Å². The van der Waals surface area contributed by atoms with Gasteiger partial charge in [0.15, 0.2) is 6.10 Å². The number of phosphoric ester groups is 1. The monoisotopic (exact) mass is 810 g/mol. The zero-order valence-electron chi connectivity index (χ0n) is 36.4. The van der Waals surface area contributed by atoms with Crippen molar-refractivity contribution in [2.24, 2.45) is 0 Å². The first kappa shape index (κ1) is 54.0. The van der Waals surface area contributed by atoms with Crippen LogP contribution in [0.15, 0.2) is 60.9 Å². The maximum Gasteiger partial charge on any atom is 0.306 e. The fourth-order valence-electron chi connectivity index (χ4n) is 5.73. The Hall–Kier alpha value is -2.00. The Morgan fingerprint density at radius 2 is 1.23 bits per heavy atom. The molecule has 0 aromatic heterocycles. The van der Waals surface area contributed by atoms with Crippen LogP contribution in [0.1, 0.15) is 168 Å². The highest BCUT2D eigenvalue weighted by Gasteiger charge is 2.20. The molecule has 0 saturated carbocycles. The molecule has 0 heterocycles. The van der Waals surface area contributed by atoms with Crippen LogP contribution in [-0.4, -0.2) is 75.3 Å². The third kappa shape index (κ3) is 41.6. The molecule has 0 fully saturated rings. The van der Waals surface area contributed by atoms with Crippen LogP contribution in [0.2, 0.25) is 0 Å². The third-order valence-electron chi connectivity index (χ3n) is 9.24. The van der Waals surface area contributed by atoms with Gasteiger partial charge in [-0.15, -0.1) is 0 Å². The molecule has 0 amide bonds. The molecular weight excluding hydrogens is 725 g/mol. The molecule has 0 aliphatic carbocycles. The Balaban J connectivity index is 4.43. The zero-order valence-corrected chi connectivity index (χ0v) is 37.3. The molecule has 3 atom stereocenters. The summed E-state index contributed by atoms with van der Waals surface area (Å²) in [7, 11) is 1.26. The minimum absolute atomic E-state index is 0.00371. The second-order valence-corrected chi connectivity index (χ2v) is 17.4. The van der Waals surface area contributed by atoms with E-state index in [9.17, 15) is 19.4 Å². The number of aliphatic hydroxyl groups excluding tert-OH is 1. The van der Waals surface area contributed by atoms with Crippen molar-refractivity contribution in [2.75, 3.05) is 47.5 Å². The number of carbonyl (C=O) groups is 1. The van der Waals surface area contributed by atoms with Crippen LogP contribution in [0.5, 0.6) is 0 Å². The maximum atomic E-state index is 12.6. The number of nitrogens with zero attached hydrogens (tertiary/aromatic N) is 1.